The standard InChI is InChI=1S/C48H50N4/c1-30-21-33-22-31(2)27-48(26-30,28-33)39-17-14-35(15-18-39)44-50-45(37-12-8-11-36(24-37)34-9-6-5-7-10-34)52-46(51-44)38-16-20-42-41(25-38)40-19-13-32(29-49)23-43(40)47(42,3)4/h5-15,17-19,23-24,30-31,33,38,41-42H,16,20-22,25-28H2,1-4H3/t30-,31+,33-,38?,41?,42?,48?. The van der Waals surface area contributed by atoms with Gasteiger partial charge in [0.15, 0.2) is 11.6 Å². The predicted octanol–water partition coefficient (Wildman–Crippen LogP) is 11.8. The normalized spacial score (nSPS) is 28.8. The molecule has 1 aromatic heterocycles. The van der Waals surface area contributed by atoms with Crippen molar-refractivity contribution in [1.29, 1.82) is 5.26 Å². The van der Waals surface area contributed by atoms with Crippen LogP contribution in [0.1, 0.15) is 119 Å². The molecule has 4 heteroatoms. The fraction of sp³-hybridized carbons (Fsp3) is 0.417. The fourth-order valence-electron chi connectivity index (χ4n) is 11.7. The summed E-state index contributed by atoms with van der Waals surface area (Å²) in [5.41, 5.74) is 9.79. The van der Waals surface area contributed by atoms with E-state index in [9.17, 15) is 5.26 Å². The van der Waals surface area contributed by atoms with Crippen LogP contribution in [0.2, 0.25) is 0 Å². The van der Waals surface area contributed by atoms with Gasteiger partial charge in [-0.2, -0.15) is 5.26 Å². The number of nitrogens with zero attached hydrogens (tertiary/aromatic N) is 4. The molecular formula is C48H50N4. The molecule has 4 aliphatic rings. The molecular weight excluding hydrogens is 633 g/mol. The Morgan fingerprint density at radius 1 is 0.654 bits per heavy atom. The van der Waals surface area contributed by atoms with Crippen LogP contribution in [0.4, 0.5) is 0 Å². The Balaban J connectivity index is 1.10. The van der Waals surface area contributed by atoms with Gasteiger partial charge < -0.3 is 0 Å². The van der Waals surface area contributed by atoms with Gasteiger partial charge in [-0.3, -0.25) is 0 Å². The lowest BCUT2D eigenvalue weighted by Crippen LogP contribution is -2.42. The molecule has 1 heterocycles. The Kier molecular flexibility index (Phi) is 8.18. The van der Waals surface area contributed by atoms with Crippen molar-refractivity contribution in [3.8, 4) is 40.0 Å². The first kappa shape index (κ1) is 33.2. The minimum absolute atomic E-state index is 0.0403. The Morgan fingerprint density at radius 2 is 1.35 bits per heavy atom. The SMILES string of the molecule is C[C@@H]1C[C@@H]2C[C@H](C)CC(c3ccc(-c4nc(-c5cccc(-c6ccccc6)c5)nc(C5CCC6C(C5)c5ccc(C#N)cc5C6(C)C)n4)cc3)(C1)C2. The molecule has 0 spiro atoms. The first-order valence-electron chi connectivity index (χ1n) is 19.8. The van der Waals surface area contributed by atoms with Gasteiger partial charge in [-0.05, 0) is 138 Å². The van der Waals surface area contributed by atoms with Crippen LogP contribution in [0.5, 0.6) is 0 Å². The van der Waals surface area contributed by atoms with Gasteiger partial charge in [0.2, 0.25) is 0 Å². The van der Waals surface area contributed by atoms with Gasteiger partial charge in [0.25, 0.3) is 0 Å². The van der Waals surface area contributed by atoms with Crippen molar-refractivity contribution in [1.82, 2.24) is 15.0 Å². The van der Waals surface area contributed by atoms with Gasteiger partial charge in [0, 0.05) is 17.0 Å². The summed E-state index contributed by atoms with van der Waals surface area (Å²) >= 11 is 0. The van der Waals surface area contributed by atoms with Crippen LogP contribution in [0.15, 0.2) is 97.1 Å². The number of benzene rings is 4. The van der Waals surface area contributed by atoms with Crippen LogP contribution < -0.4 is 0 Å². The molecule has 7 atom stereocenters. The van der Waals surface area contributed by atoms with Crippen LogP contribution in [-0.2, 0) is 10.8 Å². The Morgan fingerprint density at radius 3 is 2.08 bits per heavy atom. The minimum Gasteiger partial charge on any atom is -0.213 e. The number of nitriles is 1. The van der Waals surface area contributed by atoms with E-state index in [-0.39, 0.29) is 11.3 Å². The monoisotopic (exact) mass is 682 g/mol. The van der Waals surface area contributed by atoms with E-state index < -0.39 is 0 Å². The molecule has 0 amide bonds. The highest BCUT2D eigenvalue weighted by Crippen LogP contribution is 2.59. The first-order valence-corrected chi connectivity index (χ1v) is 19.8. The molecule has 4 aliphatic carbocycles. The Labute approximate surface area is 309 Å². The van der Waals surface area contributed by atoms with E-state index >= 15 is 0 Å². The number of aromatic nitrogens is 3. The summed E-state index contributed by atoms with van der Waals surface area (Å²) in [6.45, 7) is 9.69. The second kappa shape index (κ2) is 12.8. The van der Waals surface area contributed by atoms with Gasteiger partial charge in [-0.25, -0.2) is 15.0 Å². The molecule has 52 heavy (non-hydrogen) atoms. The zero-order valence-electron chi connectivity index (χ0n) is 31.1. The molecule has 5 aromatic rings. The minimum atomic E-state index is 0.0403. The van der Waals surface area contributed by atoms with Crippen LogP contribution in [0.3, 0.4) is 0 Å². The second-order valence-electron chi connectivity index (χ2n) is 17.7. The molecule has 0 radical (unpaired) electrons. The van der Waals surface area contributed by atoms with E-state index in [0.29, 0.717) is 17.3 Å². The third-order valence-electron chi connectivity index (χ3n) is 13.7. The Bertz CT molecular complexity index is 2140. The lowest BCUT2D eigenvalue weighted by Gasteiger charge is -2.50. The van der Waals surface area contributed by atoms with Crippen LogP contribution in [0.25, 0.3) is 33.9 Å². The van der Waals surface area contributed by atoms with Gasteiger partial charge in [0.05, 0.1) is 11.6 Å². The van der Waals surface area contributed by atoms with E-state index in [1.165, 1.54) is 54.4 Å². The molecule has 262 valence electrons. The molecule has 2 bridgehead atoms. The fourth-order valence-corrected chi connectivity index (χ4v) is 11.7. The number of hydrogen-bond acceptors (Lipinski definition) is 4. The summed E-state index contributed by atoms with van der Waals surface area (Å²) < 4.78 is 0. The topological polar surface area (TPSA) is 62.5 Å². The van der Waals surface area contributed by atoms with Gasteiger partial charge in [-0.1, -0.05) is 107 Å². The molecule has 4 aromatic carbocycles. The quantitative estimate of drug-likeness (QED) is 0.185. The van der Waals surface area contributed by atoms with Crippen molar-refractivity contribution < 1.29 is 0 Å². The van der Waals surface area contributed by atoms with Crippen molar-refractivity contribution in [3.63, 3.8) is 0 Å². The third kappa shape index (κ3) is 5.78. The predicted molar refractivity (Wildman–Crippen MR) is 210 cm³/mol. The van der Waals surface area contributed by atoms with E-state index in [4.69, 9.17) is 15.0 Å². The highest BCUT2D eigenvalue weighted by molar-refractivity contribution is 5.71. The molecule has 0 aliphatic heterocycles. The average Bonchev–Trinajstić information content (AvgIpc) is 3.39. The number of hydrogen-bond donors (Lipinski definition) is 0. The summed E-state index contributed by atoms with van der Waals surface area (Å²) in [5.74, 6) is 6.07. The lowest BCUT2D eigenvalue weighted by molar-refractivity contribution is 0.0780. The van der Waals surface area contributed by atoms with E-state index in [1.807, 2.05) is 6.07 Å². The first-order chi connectivity index (χ1) is 25.2. The molecule has 0 saturated heterocycles. The smallest absolute Gasteiger partial charge is 0.163 e. The molecule has 3 saturated carbocycles. The molecule has 9 rings (SSSR count). The highest BCUT2D eigenvalue weighted by atomic mass is 15.0. The van der Waals surface area contributed by atoms with Crippen LogP contribution >= 0.6 is 0 Å². The Hall–Kier alpha value is -4.62. The lowest BCUT2D eigenvalue weighted by atomic mass is 9.54. The summed E-state index contributed by atoms with van der Waals surface area (Å²) in [6.07, 6.45) is 9.89. The molecule has 4 unspecified atom stereocenters. The van der Waals surface area contributed by atoms with Gasteiger partial charge >= 0.3 is 0 Å². The van der Waals surface area contributed by atoms with Crippen LogP contribution in [-0.4, -0.2) is 15.0 Å². The maximum atomic E-state index is 9.68. The number of rotatable bonds is 5. The third-order valence-corrected chi connectivity index (χ3v) is 13.7. The van der Waals surface area contributed by atoms with Crippen LogP contribution in [0, 0.1) is 35.0 Å². The van der Waals surface area contributed by atoms with Crippen molar-refractivity contribution in [2.75, 3.05) is 0 Å². The van der Waals surface area contributed by atoms with Crippen molar-refractivity contribution >= 4 is 0 Å². The molecule has 0 N–H and O–H groups in total. The van der Waals surface area contributed by atoms with Crippen molar-refractivity contribution in [2.45, 2.75) is 102 Å². The summed E-state index contributed by atoms with van der Waals surface area (Å²) in [7, 11) is 0. The van der Waals surface area contributed by atoms with Gasteiger partial charge in [-0.15, -0.1) is 0 Å². The van der Waals surface area contributed by atoms with E-state index in [2.05, 4.69) is 125 Å². The van der Waals surface area contributed by atoms with E-state index in [0.717, 1.165) is 76.7 Å². The largest absolute Gasteiger partial charge is 0.213 e. The summed E-state index contributed by atoms with van der Waals surface area (Å²) in [5, 5.41) is 9.68. The highest BCUT2D eigenvalue weighted by Gasteiger charge is 2.49. The zero-order chi connectivity index (χ0) is 35.6. The second-order valence-corrected chi connectivity index (χ2v) is 17.7. The van der Waals surface area contributed by atoms with Crippen molar-refractivity contribution in [2.24, 2.45) is 23.7 Å². The van der Waals surface area contributed by atoms with Gasteiger partial charge in [0.1, 0.15) is 5.82 Å². The maximum absolute atomic E-state index is 9.68. The molecule has 4 nitrogen and oxygen atoms in total. The molecule has 3 fully saturated rings. The van der Waals surface area contributed by atoms with E-state index in [1.54, 1.807) is 0 Å². The van der Waals surface area contributed by atoms with Crippen molar-refractivity contribution in [3.05, 3.63) is 125 Å². The average molecular weight is 683 g/mol. The maximum Gasteiger partial charge on any atom is 0.163 e. The zero-order valence-corrected chi connectivity index (χ0v) is 31.1. The summed E-state index contributed by atoms with van der Waals surface area (Å²) in [6, 6.07) is 37.4. The summed E-state index contributed by atoms with van der Waals surface area (Å²) in [4.78, 5) is 15.9. The number of fused-ring (bicyclic) bond motifs is 5.